The summed E-state index contributed by atoms with van der Waals surface area (Å²) in [6, 6.07) is 0. The molecule has 1 aliphatic heterocycles. The number of thioether (sulfide) groups is 1. The molecule has 3 heterocycles. The number of fused-ring (bicyclic) bond motifs is 1. The summed E-state index contributed by atoms with van der Waals surface area (Å²) in [5.41, 5.74) is 5.98. The van der Waals surface area contributed by atoms with E-state index in [9.17, 15) is 15.0 Å². The maximum Gasteiger partial charge on any atom is 0.311 e. The third-order valence-electron chi connectivity index (χ3n) is 4.42. The molecule has 11 heteroatoms. The number of rotatable bonds is 5. The fourth-order valence-corrected chi connectivity index (χ4v) is 3.80. The fraction of sp³-hybridized carbons (Fsp3) is 0.667. The molecule has 0 spiro atoms. The number of anilines is 1. The number of ether oxygens (including phenoxy) is 2. The average Bonchev–Trinajstić information content (AvgIpc) is 3.12. The second-order valence-corrected chi connectivity index (χ2v) is 9.76. The lowest BCUT2D eigenvalue weighted by Gasteiger charge is -2.26. The molecule has 10 nitrogen and oxygen atoms in total. The van der Waals surface area contributed by atoms with Crippen LogP contribution >= 0.6 is 11.8 Å². The topological polar surface area (TPSA) is 146 Å². The predicted molar refractivity (Wildman–Crippen MR) is 107 cm³/mol. The van der Waals surface area contributed by atoms with Gasteiger partial charge in [0, 0.05) is 5.25 Å². The van der Waals surface area contributed by atoms with Gasteiger partial charge in [-0.3, -0.25) is 9.36 Å². The Balaban J connectivity index is 2.11. The van der Waals surface area contributed by atoms with Gasteiger partial charge in [-0.15, -0.1) is 0 Å². The van der Waals surface area contributed by atoms with Crippen molar-refractivity contribution in [2.24, 2.45) is 5.41 Å². The van der Waals surface area contributed by atoms with Crippen LogP contribution in [0.3, 0.4) is 0 Å². The summed E-state index contributed by atoms with van der Waals surface area (Å²) in [6.07, 6.45) is -2.82. The van der Waals surface area contributed by atoms with Crippen LogP contribution in [0.2, 0.25) is 0 Å². The van der Waals surface area contributed by atoms with Crippen molar-refractivity contribution in [2.75, 3.05) is 12.3 Å². The van der Waals surface area contributed by atoms with Crippen LogP contribution in [0.25, 0.3) is 11.2 Å². The summed E-state index contributed by atoms with van der Waals surface area (Å²) < 4.78 is 13.2. The molecule has 2 aromatic heterocycles. The molecule has 0 amide bonds. The highest BCUT2D eigenvalue weighted by Crippen LogP contribution is 2.39. The smallest absolute Gasteiger partial charge is 0.311 e. The second-order valence-electron chi connectivity index (χ2n) is 8.22. The van der Waals surface area contributed by atoms with E-state index in [0.717, 1.165) is 0 Å². The summed E-state index contributed by atoms with van der Waals surface area (Å²) in [5, 5.41) is 21.0. The zero-order chi connectivity index (χ0) is 21.5. The van der Waals surface area contributed by atoms with Crippen LogP contribution in [0.1, 0.15) is 40.8 Å². The Morgan fingerprint density at radius 3 is 2.69 bits per heavy atom. The van der Waals surface area contributed by atoms with E-state index in [2.05, 4.69) is 15.0 Å². The van der Waals surface area contributed by atoms with Gasteiger partial charge in [0.25, 0.3) is 0 Å². The van der Waals surface area contributed by atoms with Crippen LogP contribution in [0.15, 0.2) is 11.5 Å². The quantitative estimate of drug-likeness (QED) is 0.470. The summed E-state index contributed by atoms with van der Waals surface area (Å²) in [4.78, 5) is 25.3. The lowest BCUT2D eigenvalue weighted by molar-refractivity contribution is -0.168. The van der Waals surface area contributed by atoms with Gasteiger partial charge in [-0.2, -0.15) is 0 Å². The van der Waals surface area contributed by atoms with Crippen LogP contribution in [0, 0.1) is 5.41 Å². The summed E-state index contributed by atoms with van der Waals surface area (Å²) in [7, 11) is 0. The number of hydrogen-bond donors (Lipinski definition) is 3. The van der Waals surface area contributed by atoms with Crippen LogP contribution in [-0.2, 0) is 14.3 Å². The number of aliphatic hydroxyl groups excluding tert-OH is 2. The van der Waals surface area contributed by atoms with Gasteiger partial charge in [-0.1, -0.05) is 25.6 Å². The third kappa shape index (κ3) is 4.18. The molecular weight excluding hydrogens is 398 g/mol. The number of nitrogens with two attached hydrogens (primary N) is 1. The fourth-order valence-electron chi connectivity index (χ4n) is 2.93. The third-order valence-corrected chi connectivity index (χ3v) is 5.39. The summed E-state index contributed by atoms with van der Waals surface area (Å²) in [6.45, 7) is 8.73. The normalized spacial score (nSPS) is 25.1. The minimum absolute atomic E-state index is 0.176. The average molecular weight is 426 g/mol. The van der Waals surface area contributed by atoms with Crippen molar-refractivity contribution in [3.63, 3.8) is 0 Å². The molecule has 0 aromatic carbocycles. The van der Waals surface area contributed by atoms with Gasteiger partial charge in [0.2, 0.25) is 0 Å². The molecular formula is C18H27N5O5S. The molecule has 2 aromatic rings. The first-order valence-electron chi connectivity index (χ1n) is 9.35. The lowest BCUT2D eigenvalue weighted by atomic mass is 9.97. The molecule has 2 unspecified atom stereocenters. The Bertz CT molecular complexity index is 897. The first-order valence-corrected chi connectivity index (χ1v) is 10.2. The molecule has 1 aliphatic rings. The monoisotopic (exact) mass is 425 g/mol. The van der Waals surface area contributed by atoms with E-state index in [-0.39, 0.29) is 11.1 Å². The van der Waals surface area contributed by atoms with Gasteiger partial charge in [-0.25, -0.2) is 15.0 Å². The number of nitrogen functional groups attached to an aromatic ring is 1. The Hall–Kier alpha value is -1.95. The minimum Gasteiger partial charge on any atom is -0.454 e. The van der Waals surface area contributed by atoms with Gasteiger partial charge in [0.1, 0.15) is 18.5 Å². The Morgan fingerprint density at radius 2 is 2.10 bits per heavy atom. The van der Waals surface area contributed by atoms with E-state index in [1.807, 2.05) is 13.8 Å². The number of nitrogens with zero attached hydrogens (tertiary/aromatic N) is 4. The summed E-state index contributed by atoms with van der Waals surface area (Å²) >= 11 is 1.45. The van der Waals surface area contributed by atoms with Gasteiger partial charge in [0.15, 0.2) is 34.5 Å². The summed E-state index contributed by atoms with van der Waals surface area (Å²) in [5.74, 6) is -0.287. The number of imidazole rings is 1. The Labute approximate surface area is 172 Å². The van der Waals surface area contributed by atoms with E-state index in [4.69, 9.17) is 15.2 Å². The molecule has 29 heavy (non-hydrogen) atoms. The minimum atomic E-state index is -1.22. The zero-order valence-corrected chi connectivity index (χ0v) is 17.9. The number of aliphatic hydroxyl groups is 2. The van der Waals surface area contributed by atoms with E-state index in [0.29, 0.717) is 16.3 Å². The molecule has 0 aliphatic carbocycles. The predicted octanol–water partition coefficient (Wildman–Crippen LogP) is 1.12. The zero-order valence-electron chi connectivity index (χ0n) is 17.1. The molecule has 0 bridgehead atoms. The number of esters is 1. The van der Waals surface area contributed by atoms with E-state index >= 15 is 0 Å². The molecule has 1 saturated heterocycles. The number of aromatic nitrogens is 4. The first kappa shape index (κ1) is 21.8. The molecule has 3 rings (SSSR count). The van der Waals surface area contributed by atoms with E-state index in [1.165, 1.54) is 18.1 Å². The second kappa shape index (κ2) is 8.05. The highest BCUT2D eigenvalue weighted by Gasteiger charge is 2.49. The van der Waals surface area contributed by atoms with Gasteiger partial charge in [0.05, 0.1) is 12.0 Å². The number of hydrogen-bond acceptors (Lipinski definition) is 10. The van der Waals surface area contributed by atoms with Gasteiger partial charge < -0.3 is 25.4 Å². The van der Waals surface area contributed by atoms with Crippen LogP contribution in [-0.4, -0.2) is 65.9 Å². The van der Waals surface area contributed by atoms with Crippen LogP contribution < -0.4 is 5.73 Å². The Morgan fingerprint density at radius 1 is 1.41 bits per heavy atom. The maximum absolute atomic E-state index is 12.5. The van der Waals surface area contributed by atoms with Crippen molar-refractivity contribution in [1.82, 2.24) is 19.5 Å². The number of carbonyl (C=O) groups excluding carboxylic acids is 1. The molecule has 1 fully saturated rings. The van der Waals surface area contributed by atoms with E-state index in [1.54, 1.807) is 25.3 Å². The molecule has 4 N–H and O–H groups in total. The SMILES string of the molecule is CC(C)Sc1nc2c(N)ncnc2n1[C@@H]1O[C@H](CO)C(O)C1OC(=O)C(C)(C)C. The first-order chi connectivity index (χ1) is 13.5. The van der Waals surface area contributed by atoms with Crippen molar-refractivity contribution >= 4 is 34.7 Å². The lowest BCUT2D eigenvalue weighted by Crippen LogP contribution is -2.39. The largest absolute Gasteiger partial charge is 0.454 e. The maximum atomic E-state index is 12.5. The standard InChI is InChI=1S/C18H27N5O5S/c1-8(2)29-17-22-10-13(19)20-7-21-14(10)23(17)15-12(11(25)9(6-24)27-15)28-16(26)18(3,4)5/h7-9,11-12,15,24-25H,6H2,1-5H3,(H2,19,20,21)/t9-,11?,12?,15-/m1/s1. The van der Waals surface area contributed by atoms with Crippen molar-refractivity contribution < 1.29 is 24.5 Å². The van der Waals surface area contributed by atoms with Crippen LogP contribution in [0.4, 0.5) is 5.82 Å². The molecule has 4 atom stereocenters. The number of carbonyl (C=O) groups is 1. The van der Waals surface area contributed by atoms with Gasteiger partial charge in [-0.05, 0) is 20.8 Å². The highest BCUT2D eigenvalue weighted by molar-refractivity contribution is 7.99. The Kier molecular flexibility index (Phi) is 6.04. The van der Waals surface area contributed by atoms with Crippen molar-refractivity contribution in [2.45, 2.75) is 69.6 Å². The van der Waals surface area contributed by atoms with Crippen LogP contribution in [0.5, 0.6) is 0 Å². The molecule has 0 radical (unpaired) electrons. The van der Waals surface area contributed by atoms with E-state index < -0.39 is 42.5 Å². The van der Waals surface area contributed by atoms with Crippen molar-refractivity contribution in [3.05, 3.63) is 6.33 Å². The van der Waals surface area contributed by atoms with Crippen molar-refractivity contribution in [1.29, 1.82) is 0 Å². The molecule has 160 valence electrons. The highest BCUT2D eigenvalue weighted by atomic mass is 32.2. The molecule has 0 saturated carbocycles. The van der Waals surface area contributed by atoms with Crippen molar-refractivity contribution in [3.8, 4) is 0 Å². The van der Waals surface area contributed by atoms with Gasteiger partial charge >= 0.3 is 5.97 Å².